The lowest BCUT2D eigenvalue weighted by atomic mass is 10.1. The first-order valence-electron chi connectivity index (χ1n) is 7.00. The monoisotopic (exact) mass is 358 g/mol. The zero-order valence-electron chi connectivity index (χ0n) is 12.5. The molecule has 3 aromatic rings. The molecule has 2 aromatic carbocycles. The summed E-state index contributed by atoms with van der Waals surface area (Å²) in [6.45, 7) is 0. The van der Waals surface area contributed by atoms with Crippen LogP contribution in [0.4, 0.5) is 9.59 Å². The molecular weight excluding hydrogens is 352 g/mol. The molecule has 0 unspecified atom stereocenters. The third kappa shape index (κ3) is 2.65. The summed E-state index contributed by atoms with van der Waals surface area (Å²) in [5.41, 5.74) is -0.499. The van der Waals surface area contributed by atoms with E-state index in [0.717, 1.165) is 0 Å². The molecular formula is C16H6O10. The average Bonchev–Trinajstić information content (AvgIpc) is 2.61. The van der Waals surface area contributed by atoms with Crippen LogP contribution in [0, 0.1) is 0 Å². The quantitative estimate of drug-likeness (QED) is 0.335. The molecule has 0 saturated carbocycles. The molecule has 0 saturated heterocycles. The fourth-order valence-electron chi connectivity index (χ4n) is 2.39. The zero-order chi connectivity index (χ0) is 18.3. The largest absolute Gasteiger partial charge is 0.524 e. The van der Waals surface area contributed by atoms with Crippen LogP contribution in [0.25, 0.3) is 21.9 Å². The smallest absolute Gasteiger partial charge is 0.391 e. The van der Waals surface area contributed by atoms with Gasteiger partial charge in [0.25, 0.3) is 0 Å². The van der Waals surface area contributed by atoms with Gasteiger partial charge in [0.15, 0.2) is 22.7 Å². The van der Waals surface area contributed by atoms with Gasteiger partial charge in [-0.25, -0.2) is 19.2 Å². The Morgan fingerprint density at radius 2 is 1.00 bits per heavy atom. The van der Waals surface area contributed by atoms with E-state index in [2.05, 4.69) is 9.15 Å². The van der Waals surface area contributed by atoms with E-state index in [1.54, 1.807) is 0 Å². The van der Waals surface area contributed by atoms with Crippen molar-refractivity contribution in [2.45, 2.75) is 0 Å². The van der Waals surface area contributed by atoms with Crippen LogP contribution in [-0.2, 0) is 4.74 Å². The first kappa shape index (κ1) is 15.4. The molecule has 0 fully saturated rings. The predicted molar refractivity (Wildman–Crippen MR) is 81.6 cm³/mol. The molecule has 1 aliphatic rings. The Morgan fingerprint density at radius 1 is 0.538 bits per heavy atom. The lowest BCUT2D eigenvalue weighted by Gasteiger charge is -2.04. The van der Waals surface area contributed by atoms with E-state index >= 15 is 0 Å². The number of carbonyl (C=O) groups excluding carboxylic acids is 2. The summed E-state index contributed by atoms with van der Waals surface area (Å²) in [5.74, 6) is -3.34. The van der Waals surface area contributed by atoms with Crippen molar-refractivity contribution < 1.29 is 37.1 Å². The molecule has 0 spiro atoms. The van der Waals surface area contributed by atoms with Crippen molar-refractivity contribution in [1.82, 2.24) is 0 Å². The van der Waals surface area contributed by atoms with Crippen LogP contribution in [0.3, 0.4) is 0 Å². The highest BCUT2D eigenvalue weighted by Crippen LogP contribution is 2.33. The van der Waals surface area contributed by atoms with Gasteiger partial charge in [-0.2, -0.15) is 0 Å². The lowest BCUT2D eigenvalue weighted by molar-refractivity contribution is 0.0893. The van der Waals surface area contributed by atoms with E-state index in [1.165, 1.54) is 36.4 Å². The van der Waals surface area contributed by atoms with Crippen molar-refractivity contribution in [2.24, 2.45) is 0 Å². The number of benzene rings is 2. The minimum absolute atomic E-state index is 0.205. The van der Waals surface area contributed by atoms with Crippen molar-refractivity contribution in [3.63, 3.8) is 0 Å². The molecule has 130 valence electrons. The van der Waals surface area contributed by atoms with Crippen LogP contribution in [0.15, 0.2) is 59.2 Å². The van der Waals surface area contributed by atoms with Gasteiger partial charge >= 0.3 is 24.0 Å². The molecule has 26 heavy (non-hydrogen) atoms. The number of rotatable bonds is 0. The summed E-state index contributed by atoms with van der Waals surface area (Å²) in [7, 11) is 0. The molecule has 10 nitrogen and oxygen atoms in total. The zero-order valence-corrected chi connectivity index (χ0v) is 12.5. The summed E-state index contributed by atoms with van der Waals surface area (Å²) >= 11 is 0. The van der Waals surface area contributed by atoms with Gasteiger partial charge in [0.05, 0.1) is 0 Å². The molecule has 0 radical (unpaired) electrons. The van der Waals surface area contributed by atoms with Crippen LogP contribution >= 0.6 is 0 Å². The van der Waals surface area contributed by atoms with Gasteiger partial charge in [-0.15, -0.1) is 0 Å². The number of carbonyl (C=O) groups is 2. The standard InChI is InChI=1S/C16H6O10/c17-13-21-9-5-1-3-7-8-4-2-6-10(22-14(18)25-13)12(8)24-16(20)26-15(19)23-11(7)9/h1-6H. The summed E-state index contributed by atoms with van der Waals surface area (Å²) in [4.78, 5) is 47.0. The minimum atomic E-state index is -1.42. The molecule has 6 bridgehead atoms. The fraction of sp³-hybridized carbons (Fsp3) is 0. The van der Waals surface area contributed by atoms with Crippen molar-refractivity contribution in [3.8, 4) is 11.5 Å². The van der Waals surface area contributed by atoms with Gasteiger partial charge < -0.3 is 27.5 Å². The first-order chi connectivity index (χ1) is 12.5. The van der Waals surface area contributed by atoms with E-state index in [1.807, 2.05) is 0 Å². The van der Waals surface area contributed by atoms with Crippen LogP contribution in [0.5, 0.6) is 11.5 Å². The molecule has 4 rings (SSSR count). The molecule has 2 heterocycles. The Bertz CT molecular complexity index is 1150. The van der Waals surface area contributed by atoms with E-state index in [-0.39, 0.29) is 33.4 Å². The second-order valence-corrected chi connectivity index (χ2v) is 4.88. The van der Waals surface area contributed by atoms with Gasteiger partial charge in [-0.05, 0) is 12.1 Å². The van der Waals surface area contributed by atoms with Gasteiger partial charge in [0, 0.05) is 10.8 Å². The van der Waals surface area contributed by atoms with E-state index < -0.39 is 24.0 Å². The number of ether oxygens (including phenoxy) is 3. The predicted octanol–water partition coefficient (Wildman–Crippen LogP) is 2.64. The topological polar surface area (TPSA) is 135 Å². The molecule has 0 atom stereocenters. The van der Waals surface area contributed by atoms with E-state index in [9.17, 15) is 19.2 Å². The second kappa shape index (κ2) is 5.77. The highest BCUT2D eigenvalue weighted by atomic mass is 16.8. The molecule has 0 N–H and O–H groups in total. The Kier molecular flexibility index (Phi) is 3.43. The lowest BCUT2D eigenvalue weighted by Crippen LogP contribution is -2.19. The Balaban J connectivity index is 2.35. The molecule has 0 aliphatic carbocycles. The van der Waals surface area contributed by atoms with Crippen molar-refractivity contribution >= 4 is 34.2 Å². The molecule has 1 aromatic heterocycles. The van der Waals surface area contributed by atoms with Crippen LogP contribution in [-0.4, -0.2) is 12.3 Å². The Hall–Kier alpha value is -4.08. The van der Waals surface area contributed by atoms with Gasteiger partial charge in [-0.1, -0.05) is 24.3 Å². The maximum absolute atomic E-state index is 11.8. The average molecular weight is 358 g/mol. The summed E-state index contributed by atoms with van der Waals surface area (Å²) in [6, 6.07) is 8.52. The number of cyclic esters (lactones) is 2. The van der Waals surface area contributed by atoms with Gasteiger partial charge in [0.2, 0.25) is 0 Å². The maximum atomic E-state index is 11.8. The summed E-state index contributed by atoms with van der Waals surface area (Å²) < 4.78 is 28.4. The van der Waals surface area contributed by atoms with Crippen LogP contribution in [0.1, 0.15) is 0 Å². The second-order valence-electron chi connectivity index (χ2n) is 4.88. The van der Waals surface area contributed by atoms with E-state index in [4.69, 9.17) is 18.3 Å². The normalized spacial score (nSPS) is 13.2. The molecule has 0 amide bonds. The Morgan fingerprint density at radius 3 is 1.46 bits per heavy atom. The third-order valence-corrected chi connectivity index (χ3v) is 3.34. The fourth-order valence-corrected chi connectivity index (χ4v) is 2.39. The van der Waals surface area contributed by atoms with Crippen molar-refractivity contribution in [2.75, 3.05) is 0 Å². The third-order valence-electron chi connectivity index (χ3n) is 3.34. The van der Waals surface area contributed by atoms with Crippen LogP contribution < -0.4 is 21.1 Å². The van der Waals surface area contributed by atoms with Gasteiger partial charge in [0.1, 0.15) is 0 Å². The summed E-state index contributed by atoms with van der Waals surface area (Å²) in [5, 5.41) is 0.411. The first-order valence-corrected chi connectivity index (χ1v) is 7.00. The number of hydrogen-bond donors (Lipinski definition) is 0. The maximum Gasteiger partial charge on any atom is 0.524 e. The van der Waals surface area contributed by atoms with Crippen molar-refractivity contribution in [3.05, 3.63) is 57.6 Å². The number of hydrogen-bond acceptors (Lipinski definition) is 10. The SMILES string of the molecule is O=C1OC(=O)Oc2cccc3c2oc(=O)oc(=O)oc2c(cccc23)O1. The minimum Gasteiger partial charge on any atom is -0.391 e. The molecule has 1 aliphatic heterocycles. The van der Waals surface area contributed by atoms with Crippen LogP contribution in [0.2, 0.25) is 0 Å². The molecule has 10 heteroatoms. The van der Waals surface area contributed by atoms with Gasteiger partial charge in [-0.3, -0.25) is 0 Å². The van der Waals surface area contributed by atoms with E-state index in [0.29, 0.717) is 0 Å². The highest BCUT2D eigenvalue weighted by Gasteiger charge is 2.21. The highest BCUT2D eigenvalue weighted by molar-refractivity contribution is 6.05. The number of para-hydroxylation sites is 2. The summed E-state index contributed by atoms with van der Waals surface area (Å²) in [6.07, 6.45) is -2.84. The Labute approximate surface area is 141 Å². The van der Waals surface area contributed by atoms with Crippen molar-refractivity contribution in [1.29, 1.82) is 0 Å².